The number of nitro benzene ring substituents is 1. The lowest BCUT2D eigenvalue weighted by Gasteiger charge is -2.26. The van der Waals surface area contributed by atoms with Crippen molar-refractivity contribution in [2.45, 2.75) is 25.3 Å². The van der Waals surface area contributed by atoms with E-state index in [0.29, 0.717) is 0 Å². The van der Waals surface area contributed by atoms with Gasteiger partial charge in [0.25, 0.3) is 11.6 Å². The predicted molar refractivity (Wildman–Crippen MR) is 94.0 cm³/mol. The van der Waals surface area contributed by atoms with Crippen LogP contribution in [0.1, 0.15) is 50.7 Å². The van der Waals surface area contributed by atoms with E-state index in [-0.39, 0.29) is 22.9 Å². The van der Waals surface area contributed by atoms with Gasteiger partial charge in [0.15, 0.2) is 0 Å². The fourth-order valence-electron chi connectivity index (χ4n) is 3.23. The SMILES string of the molecule is COC(=O)c1cc(C(=O)N[C@@H]2CCCc3ccccc32)cc([N+](=O)[O-])c1. The van der Waals surface area contributed by atoms with Crippen LogP contribution in [0.25, 0.3) is 0 Å². The Balaban J connectivity index is 1.90. The van der Waals surface area contributed by atoms with Crippen LogP contribution in [0.5, 0.6) is 0 Å². The Labute approximate surface area is 150 Å². The van der Waals surface area contributed by atoms with Crippen molar-refractivity contribution in [2.75, 3.05) is 7.11 Å². The Hall–Kier alpha value is -3.22. The maximum absolute atomic E-state index is 12.7. The summed E-state index contributed by atoms with van der Waals surface area (Å²) in [6.45, 7) is 0. The van der Waals surface area contributed by atoms with Gasteiger partial charge in [0.05, 0.1) is 23.6 Å². The van der Waals surface area contributed by atoms with Crippen LogP contribution in [-0.4, -0.2) is 23.9 Å². The number of nitro groups is 1. The van der Waals surface area contributed by atoms with Crippen molar-refractivity contribution < 1.29 is 19.2 Å². The molecule has 1 amide bonds. The largest absolute Gasteiger partial charge is 0.465 e. The van der Waals surface area contributed by atoms with Crippen LogP contribution in [0.3, 0.4) is 0 Å². The average molecular weight is 354 g/mol. The predicted octanol–water partition coefficient (Wildman–Crippen LogP) is 3.19. The lowest BCUT2D eigenvalue weighted by Crippen LogP contribution is -2.31. The number of non-ortho nitro benzene ring substituents is 1. The first-order valence-corrected chi connectivity index (χ1v) is 8.26. The molecule has 2 aromatic rings. The van der Waals surface area contributed by atoms with Crippen LogP contribution in [-0.2, 0) is 11.2 Å². The first kappa shape index (κ1) is 17.6. The highest BCUT2D eigenvalue weighted by Gasteiger charge is 2.24. The first-order valence-electron chi connectivity index (χ1n) is 8.26. The molecule has 0 saturated carbocycles. The Bertz CT molecular complexity index is 878. The summed E-state index contributed by atoms with van der Waals surface area (Å²) >= 11 is 0. The Morgan fingerprint density at radius 2 is 1.92 bits per heavy atom. The van der Waals surface area contributed by atoms with Crippen molar-refractivity contribution in [3.63, 3.8) is 0 Å². The van der Waals surface area contributed by atoms with E-state index in [1.807, 2.05) is 24.3 Å². The molecule has 7 heteroatoms. The minimum absolute atomic E-state index is 0.0316. The number of methoxy groups -OCH3 is 1. The van der Waals surface area contributed by atoms with Gasteiger partial charge in [-0.25, -0.2) is 4.79 Å². The summed E-state index contributed by atoms with van der Waals surface area (Å²) in [5, 5.41) is 14.0. The number of carbonyl (C=O) groups is 2. The molecule has 0 aromatic heterocycles. The molecule has 7 nitrogen and oxygen atoms in total. The third-order valence-corrected chi connectivity index (χ3v) is 4.49. The number of esters is 1. The topological polar surface area (TPSA) is 98.5 Å². The zero-order valence-electron chi connectivity index (χ0n) is 14.2. The van der Waals surface area contributed by atoms with Crippen molar-refractivity contribution in [1.82, 2.24) is 5.32 Å². The van der Waals surface area contributed by atoms with Gasteiger partial charge in [-0.3, -0.25) is 14.9 Å². The Kier molecular flexibility index (Phi) is 4.97. The van der Waals surface area contributed by atoms with E-state index in [1.165, 1.54) is 18.7 Å². The summed E-state index contributed by atoms with van der Waals surface area (Å²) in [6.07, 6.45) is 2.71. The quantitative estimate of drug-likeness (QED) is 0.516. The molecule has 134 valence electrons. The molecule has 1 atom stereocenters. The molecule has 0 unspecified atom stereocenters. The third-order valence-electron chi connectivity index (χ3n) is 4.49. The minimum Gasteiger partial charge on any atom is -0.465 e. The van der Waals surface area contributed by atoms with E-state index in [2.05, 4.69) is 10.1 Å². The molecule has 0 heterocycles. The Morgan fingerprint density at radius 3 is 2.65 bits per heavy atom. The molecule has 1 N–H and O–H groups in total. The van der Waals surface area contributed by atoms with Gasteiger partial charge in [0.2, 0.25) is 0 Å². The van der Waals surface area contributed by atoms with Crippen molar-refractivity contribution in [3.8, 4) is 0 Å². The lowest BCUT2D eigenvalue weighted by molar-refractivity contribution is -0.384. The smallest absolute Gasteiger partial charge is 0.338 e. The molecule has 2 aromatic carbocycles. The van der Waals surface area contributed by atoms with E-state index < -0.39 is 16.8 Å². The fraction of sp³-hybridized carbons (Fsp3) is 0.263. The summed E-state index contributed by atoms with van der Waals surface area (Å²) in [6, 6.07) is 11.3. The molecule has 0 spiro atoms. The normalized spacial score (nSPS) is 15.7. The van der Waals surface area contributed by atoms with Gasteiger partial charge in [0.1, 0.15) is 0 Å². The number of fused-ring (bicyclic) bond motifs is 1. The molecule has 0 saturated heterocycles. The number of nitrogens with one attached hydrogen (secondary N) is 1. The summed E-state index contributed by atoms with van der Waals surface area (Å²) in [5.74, 6) is -1.19. The number of amides is 1. The molecule has 1 aliphatic carbocycles. The maximum atomic E-state index is 12.7. The highest BCUT2D eigenvalue weighted by atomic mass is 16.6. The van der Waals surface area contributed by atoms with Crippen LogP contribution in [0.2, 0.25) is 0 Å². The number of aryl methyl sites for hydroxylation is 1. The minimum atomic E-state index is -0.731. The Morgan fingerprint density at radius 1 is 1.19 bits per heavy atom. The average Bonchev–Trinajstić information content (AvgIpc) is 2.67. The fourth-order valence-corrected chi connectivity index (χ4v) is 3.23. The van der Waals surface area contributed by atoms with E-state index in [9.17, 15) is 19.7 Å². The van der Waals surface area contributed by atoms with Crippen LogP contribution < -0.4 is 5.32 Å². The molecule has 0 fully saturated rings. The van der Waals surface area contributed by atoms with Gasteiger partial charge < -0.3 is 10.1 Å². The first-order chi connectivity index (χ1) is 12.5. The second-order valence-corrected chi connectivity index (χ2v) is 6.13. The van der Waals surface area contributed by atoms with Crippen LogP contribution in [0.4, 0.5) is 5.69 Å². The zero-order chi connectivity index (χ0) is 18.7. The zero-order valence-corrected chi connectivity index (χ0v) is 14.2. The molecular weight excluding hydrogens is 336 g/mol. The molecule has 0 aliphatic heterocycles. The van der Waals surface area contributed by atoms with Gasteiger partial charge in [-0.1, -0.05) is 24.3 Å². The molecule has 1 aliphatic rings. The van der Waals surface area contributed by atoms with E-state index in [1.54, 1.807) is 0 Å². The molecule has 0 radical (unpaired) electrons. The van der Waals surface area contributed by atoms with Gasteiger partial charge in [-0.15, -0.1) is 0 Å². The lowest BCUT2D eigenvalue weighted by atomic mass is 9.87. The van der Waals surface area contributed by atoms with Crippen LogP contribution in [0.15, 0.2) is 42.5 Å². The summed E-state index contributed by atoms with van der Waals surface area (Å²) in [7, 11) is 1.18. The van der Waals surface area contributed by atoms with E-state index in [0.717, 1.165) is 37.0 Å². The summed E-state index contributed by atoms with van der Waals surface area (Å²) < 4.78 is 4.61. The van der Waals surface area contributed by atoms with Gasteiger partial charge in [0, 0.05) is 17.7 Å². The highest BCUT2D eigenvalue weighted by molar-refractivity contribution is 5.99. The van der Waals surface area contributed by atoms with Gasteiger partial charge in [-0.05, 0) is 36.5 Å². The van der Waals surface area contributed by atoms with Crippen LogP contribution in [0, 0.1) is 10.1 Å². The van der Waals surface area contributed by atoms with Crippen molar-refractivity contribution >= 4 is 17.6 Å². The number of benzene rings is 2. The van der Waals surface area contributed by atoms with E-state index in [4.69, 9.17) is 0 Å². The monoisotopic (exact) mass is 354 g/mol. The third kappa shape index (κ3) is 3.56. The molecule has 0 bridgehead atoms. The maximum Gasteiger partial charge on any atom is 0.338 e. The number of carbonyl (C=O) groups excluding carboxylic acids is 2. The second-order valence-electron chi connectivity index (χ2n) is 6.13. The van der Waals surface area contributed by atoms with Crippen molar-refractivity contribution in [2.24, 2.45) is 0 Å². The summed E-state index contributed by atoms with van der Waals surface area (Å²) in [5.41, 5.74) is 1.95. The van der Waals surface area contributed by atoms with Gasteiger partial charge >= 0.3 is 5.97 Å². The number of rotatable bonds is 4. The van der Waals surface area contributed by atoms with E-state index >= 15 is 0 Å². The molecular formula is C19H18N2O5. The number of nitrogens with zero attached hydrogens (tertiary/aromatic N) is 1. The van der Waals surface area contributed by atoms with Gasteiger partial charge in [-0.2, -0.15) is 0 Å². The number of hydrogen-bond donors (Lipinski definition) is 1. The van der Waals surface area contributed by atoms with Crippen molar-refractivity contribution in [1.29, 1.82) is 0 Å². The van der Waals surface area contributed by atoms with Crippen molar-refractivity contribution in [3.05, 3.63) is 74.8 Å². The number of hydrogen-bond acceptors (Lipinski definition) is 5. The van der Waals surface area contributed by atoms with Crippen LogP contribution >= 0.6 is 0 Å². The highest BCUT2D eigenvalue weighted by Crippen LogP contribution is 2.30. The second kappa shape index (κ2) is 7.35. The standard InChI is InChI=1S/C19H18N2O5/c1-26-19(23)14-9-13(10-15(11-14)21(24)25)18(22)20-17-8-4-6-12-5-2-3-7-16(12)17/h2-3,5,7,9-11,17H,4,6,8H2,1H3,(H,20,22)/t17-/m1/s1. The number of ether oxygens (including phenoxy) is 1. The summed E-state index contributed by atoms with van der Waals surface area (Å²) in [4.78, 5) is 34.9. The molecule has 26 heavy (non-hydrogen) atoms. The molecule has 3 rings (SSSR count).